The topological polar surface area (TPSA) is 54.4 Å². The Kier molecular flexibility index (Phi) is 9.49. The van der Waals surface area contributed by atoms with Crippen LogP contribution < -0.4 is 0 Å². The highest BCUT2D eigenvalue weighted by molar-refractivity contribution is 7.85. The van der Waals surface area contributed by atoms with Crippen molar-refractivity contribution in [3.63, 3.8) is 0 Å². The van der Waals surface area contributed by atoms with E-state index in [9.17, 15) is 13.0 Å². The Bertz CT molecular complexity index is 550. The predicted molar refractivity (Wildman–Crippen MR) is 96.5 cm³/mol. The van der Waals surface area contributed by atoms with E-state index >= 15 is 0 Å². The molecule has 0 radical (unpaired) electrons. The van der Waals surface area contributed by atoms with Crippen molar-refractivity contribution in [2.45, 2.75) is 89.4 Å². The van der Waals surface area contributed by atoms with Crippen molar-refractivity contribution >= 4 is 10.1 Å². The van der Waals surface area contributed by atoms with Crippen LogP contribution in [0.1, 0.15) is 82.3 Å². The van der Waals surface area contributed by atoms with Gasteiger partial charge >= 0.3 is 0 Å². The van der Waals surface area contributed by atoms with Gasteiger partial charge in [0.25, 0.3) is 10.1 Å². The Labute approximate surface area is 142 Å². The van der Waals surface area contributed by atoms with E-state index in [1.165, 1.54) is 57.4 Å². The van der Waals surface area contributed by atoms with Gasteiger partial charge in [-0.15, -0.1) is 0 Å². The average molecular weight is 341 g/mol. The molecule has 4 heteroatoms. The monoisotopic (exact) mass is 340 g/mol. The molecule has 1 aromatic rings. The zero-order valence-corrected chi connectivity index (χ0v) is 15.5. The molecule has 0 aliphatic heterocycles. The van der Waals surface area contributed by atoms with E-state index in [1.807, 2.05) is 13.0 Å². The summed E-state index contributed by atoms with van der Waals surface area (Å²) in [6.07, 6.45) is 13.3. The number of benzene rings is 1. The molecular formula is C19H32O3S. The fraction of sp³-hybridized carbons (Fsp3) is 0.684. The fourth-order valence-electron chi connectivity index (χ4n) is 3.03. The molecule has 0 aliphatic rings. The van der Waals surface area contributed by atoms with E-state index in [-0.39, 0.29) is 4.90 Å². The van der Waals surface area contributed by atoms with Gasteiger partial charge in [-0.1, -0.05) is 76.8 Å². The highest BCUT2D eigenvalue weighted by atomic mass is 32.2. The Hall–Kier alpha value is -0.870. The van der Waals surface area contributed by atoms with Gasteiger partial charge in [0.05, 0.1) is 4.90 Å². The van der Waals surface area contributed by atoms with E-state index in [0.717, 1.165) is 30.4 Å². The zero-order valence-electron chi connectivity index (χ0n) is 14.7. The normalized spacial score (nSPS) is 11.8. The summed E-state index contributed by atoms with van der Waals surface area (Å²) in [6.45, 7) is 4.14. The van der Waals surface area contributed by atoms with Crippen LogP contribution in [0.15, 0.2) is 23.1 Å². The fourth-order valence-corrected chi connectivity index (χ4v) is 3.85. The van der Waals surface area contributed by atoms with Crippen LogP contribution in [0.25, 0.3) is 0 Å². The molecule has 0 bridgehead atoms. The highest BCUT2D eigenvalue weighted by Gasteiger charge is 2.16. The standard InChI is InChI=1S/C19H32O3S/c1-3-4-5-6-7-8-9-10-11-12-15-18-17(2)14-13-16-19(18)23(20,21)22/h13-14,16H,3-12,15H2,1-2H3,(H,20,21,22). The lowest BCUT2D eigenvalue weighted by Crippen LogP contribution is -2.05. The minimum atomic E-state index is -4.12. The third-order valence-corrected chi connectivity index (χ3v) is 5.36. The van der Waals surface area contributed by atoms with E-state index in [0.29, 0.717) is 0 Å². The van der Waals surface area contributed by atoms with Crippen LogP contribution in [0.3, 0.4) is 0 Å². The summed E-state index contributed by atoms with van der Waals surface area (Å²) in [6, 6.07) is 5.08. The highest BCUT2D eigenvalue weighted by Crippen LogP contribution is 2.22. The predicted octanol–water partition coefficient (Wildman–Crippen LogP) is 5.71. The number of hydrogen-bond acceptors (Lipinski definition) is 2. The van der Waals surface area contributed by atoms with Crippen LogP contribution in [-0.2, 0) is 16.5 Å². The maximum absolute atomic E-state index is 11.4. The van der Waals surface area contributed by atoms with Crippen molar-refractivity contribution < 1.29 is 13.0 Å². The molecule has 132 valence electrons. The second-order valence-corrected chi connectivity index (χ2v) is 7.85. The molecule has 0 spiro atoms. The molecule has 3 nitrogen and oxygen atoms in total. The van der Waals surface area contributed by atoms with Gasteiger partial charge in [0.15, 0.2) is 0 Å². The van der Waals surface area contributed by atoms with Crippen molar-refractivity contribution in [2.24, 2.45) is 0 Å². The molecular weight excluding hydrogens is 308 g/mol. The minimum Gasteiger partial charge on any atom is -0.282 e. The molecule has 23 heavy (non-hydrogen) atoms. The lowest BCUT2D eigenvalue weighted by Gasteiger charge is -2.10. The minimum absolute atomic E-state index is 0.0772. The van der Waals surface area contributed by atoms with Crippen LogP contribution in [0.5, 0.6) is 0 Å². The van der Waals surface area contributed by atoms with Gasteiger partial charge in [0, 0.05) is 0 Å². The number of aryl methyl sites for hydroxylation is 1. The molecule has 0 saturated heterocycles. The van der Waals surface area contributed by atoms with Crippen molar-refractivity contribution in [3.05, 3.63) is 29.3 Å². The van der Waals surface area contributed by atoms with Crippen molar-refractivity contribution in [3.8, 4) is 0 Å². The largest absolute Gasteiger partial charge is 0.294 e. The maximum atomic E-state index is 11.4. The first-order valence-electron chi connectivity index (χ1n) is 9.02. The van der Waals surface area contributed by atoms with E-state index < -0.39 is 10.1 Å². The van der Waals surface area contributed by atoms with Crippen molar-refractivity contribution in [2.75, 3.05) is 0 Å². The summed E-state index contributed by atoms with van der Waals surface area (Å²) in [5.41, 5.74) is 1.71. The Morgan fingerprint density at radius 2 is 1.39 bits per heavy atom. The molecule has 0 aliphatic carbocycles. The quantitative estimate of drug-likeness (QED) is 0.392. The second kappa shape index (κ2) is 10.8. The summed E-state index contributed by atoms with van der Waals surface area (Å²) in [5.74, 6) is 0. The molecule has 0 aromatic heterocycles. The van der Waals surface area contributed by atoms with Crippen LogP contribution >= 0.6 is 0 Å². The van der Waals surface area contributed by atoms with Crippen molar-refractivity contribution in [1.82, 2.24) is 0 Å². The molecule has 1 aromatic carbocycles. The molecule has 1 rings (SSSR count). The van der Waals surface area contributed by atoms with E-state index in [1.54, 1.807) is 6.07 Å². The first kappa shape index (κ1) is 20.2. The van der Waals surface area contributed by atoms with Gasteiger partial charge < -0.3 is 0 Å². The molecule has 0 atom stereocenters. The SMILES string of the molecule is CCCCCCCCCCCCc1c(C)cccc1S(=O)(=O)O. The van der Waals surface area contributed by atoms with Gasteiger partial charge in [-0.2, -0.15) is 8.42 Å². The van der Waals surface area contributed by atoms with Crippen LogP contribution in [-0.4, -0.2) is 13.0 Å². The van der Waals surface area contributed by atoms with Crippen LogP contribution in [0, 0.1) is 6.92 Å². The molecule has 0 fully saturated rings. The first-order valence-corrected chi connectivity index (χ1v) is 10.5. The van der Waals surface area contributed by atoms with Crippen LogP contribution in [0.2, 0.25) is 0 Å². The zero-order chi connectivity index (χ0) is 17.1. The lowest BCUT2D eigenvalue weighted by atomic mass is 10.0. The Morgan fingerprint density at radius 1 is 0.870 bits per heavy atom. The molecule has 0 amide bonds. The third kappa shape index (κ3) is 7.98. The lowest BCUT2D eigenvalue weighted by molar-refractivity contribution is 0.481. The summed E-state index contributed by atoms with van der Waals surface area (Å²) in [4.78, 5) is 0.0772. The van der Waals surface area contributed by atoms with Gasteiger partial charge in [-0.25, -0.2) is 0 Å². The average Bonchev–Trinajstić information content (AvgIpc) is 2.49. The van der Waals surface area contributed by atoms with Gasteiger partial charge in [-0.05, 0) is 37.0 Å². The second-order valence-electron chi connectivity index (χ2n) is 6.46. The maximum Gasteiger partial charge on any atom is 0.294 e. The van der Waals surface area contributed by atoms with Gasteiger partial charge in [-0.3, -0.25) is 4.55 Å². The summed E-state index contributed by atoms with van der Waals surface area (Å²) in [7, 11) is -4.12. The van der Waals surface area contributed by atoms with E-state index in [4.69, 9.17) is 0 Å². The summed E-state index contributed by atoms with van der Waals surface area (Å²) >= 11 is 0. The Morgan fingerprint density at radius 3 is 1.91 bits per heavy atom. The van der Waals surface area contributed by atoms with Crippen molar-refractivity contribution in [1.29, 1.82) is 0 Å². The number of unbranched alkanes of at least 4 members (excludes halogenated alkanes) is 9. The summed E-state index contributed by atoms with van der Waals surface area (Å²) < 4.78 is 32.2. The van der Waals surface area contributed by atoms with Crippen LogP contribution in [0.4, 0.5) is 0 Å². The molecule has 0 heterocycles. The summed E-state index contributed by atoms with van der Waals surface area (Å²) in [5, 5.41) is 0. The molecule has 1 N–H and O–H groups in total. The molecule has 0 unspecified atom stereocenters. The number of hydrogen-bond donors (Lipinski definition) is 1. The first-order chi connectivity index (χ1) is 11.0. The number of rotatable bonds is 12. The van der Waals surface area contributed by atoms with E-state index in [2.05, 4.69) is 6.92 Å². The molecule has 0 saturated carbocycles. The Balaban J connectivity index is 2.27. The van der Waals surface area contributed by atoms with Gasteiger partial charge in [0.2, 0.25) is 0 Å². The third-order valence-electron chi connectivity index (χ3n) is 4.43. The smallest absolute Gasteiger partial charge is 0.282 e. The van der Waals surface area contributed by atoms with Gasteiger partial charge in [0.1, 0.15) is 0 Å².